The monoisotopic (exact) mass is 400 g/mol. The van der Waals surface area contributed by atoms with Gasteiger partial charge >= 0.3 is 6.18 Å². The molecule has 0 atom stereocenters. The maximum Gasteiger partial charge on any atom is 0.416 e. The molecule has 6 nitrogen and oxygen atoms in total. The second-order valence-electron chi connectivity index (χ2n) is 5.14. The van der Waals surface area contributed by atoms with Crippen molar-refractivity contribution >= 4 is 34.1 Å². The van der Waals surface area contributed by atoms with E-state index in [0.717, 1.165) is 23.5 Å². The number of aromatic nitrogens is 3. The van der Waals surface area contributed by atoms with Crippen LogP contribution in [0.1, 0.15) is 27.4 Å². The van der Waals surface area contributed by atoms with Crippen LogP contribution in [0, 0.1) is 6.92 Å². The summed E-state index contributed by atoms with van der Waals surface area (Å²) in [6.45, 7) is 1.66. The summed E-state index contributed by atoms with van der Waals surface area (Å²) in [4.78, 5) is 11.9. The Labute approximate surface area is 153 Å². The van der Waals surface area contributed by atoms with Crippen molar-refractivity contribution in [1.29, 1.82) is 0 Å². The first-order valence-corrected chi connectivity index (χ1v) is 8.98. The number of benzene rings is 1. The number of thioether (sulfide) groups is 1. The summed E-state index contributed by atoms with van der Waals surface area (Å²) in [5, 5.41) is 14.1. The zero-order valence-corrected chi connectivity index (χ0v) is 14.8. The van der Waals surface area contributed by atoms with Crippen LogP contribution in [0.3, 0.4) is 0 Å². The Kier molecular flexibility index (Phi) is 5.28. The number of anilines is 1. The van der Waals surface area contributed by atoms with Crippen molar-refractivity contribution in [3.8, 4) is 0 Å². The van der Waals surface area contributed by atoms with Gasteiger partial charge in [-0.15, -0.1) is 10.2 Å². The summed E-state index contributed by atoms with van der Waals surface area (Å²) in [5.74, 6) is 0.326. The standard InChI is InChI=1S/C15H11F3N4O2S2/c1-8-5-11(22-24-8)12(23)19-13-20-21-14(26-13)25-7-9-3-2-4-10(6-9)15(16,17)18/h2-6H,7H2,1H3,(H,19,20,23). The van der Waals surface area contributed by atoms with Crippen molar-refractivity contribution < 1.29 is 22.5 Å². The summed E-state index contributed by atoms with van der Waals surface area (Å²) in [6.07, 6.45) is -4.37. The molecule has 0 unspecified atom stereocenters. The van der Waals surface area contributed by atoms with Crippen LogP contribution in [-0.4, -0.2) is 21.3 Å². The van der Waals surface area contributed by atoms with Crippen LogP contribution in [-0.2, 0) is 11.9 Å². The zero-order valence-electron chi connectivity index (χ0n) is 13.2. The van der Waals surface area contributed by atoms with Gasteiger partial charge in [-0.2, -0.15) is 13.2 Å². The van der Waals surface area contributed by atoms with Gasteiger partial charge in [-0.1, -0.05) is 46.5 Å². The minimum absolute atomic E-state index is 0.121. The Bertz CT molecular complexity index is 924. The number of aryl methyl sites for hydroxylation is 1. The molecule has 0 aliphatic heterocycles. The third kappa shape index (κ3) is 4.61. The molecule has 1 N–H and O–H groups in total. The summed E-state index contributed by atoms with van der Waals surface area (Å²) < 4.78 is 43.5. The van der Waals surface area contributed by atoms with E-state index in [1.807, 2.05) is 0 Å². The molecule has 2 aromatic heterocycles. The lowest BCUT2D eigenvalue weighted by atomic mass is 10.1. The SMILES string of the molecule is Cc1cc(C(=O)Nc2nnc(SCc3cccc(C(F)(F)F)c3)s2)no1. The maximum atomic E-state index is 12.7. The number of halogens is 3. The van der Waals surface area contributed by atoms with Crippen LogP contribution in [0.2, 0.25) is 0 Å². The largest absolute Gasteiger partial charge is 0.416 e. The van der Waals surface area contributed by atoms with Crippen LogP contribution in [0.5, 0.6) is 0 Å². The summed E-state index contributed by atoms with van der Waals surface area (Å²) in [7, 11) is 0. The lowest BCUT2D eigenvalue weighted by Gasteiger charge is -2.07. The van der Waals surface area contributed by atoms with Crippen molar-refractivity contribution in [2.24, 2.45) is 0 Å². The topological polar surface area (TPSA) is 80.9 Å². The van der Waals surface area contributed by atoms with Gasteiger partial charge in [0.05, 0.1) is 5.56 Å². The normalized spacial score (nSPS) is 11.5. The fraction of sp³-hybridized carbons (Fsp3) is 0.200. The number of nitrogens with zero attached hydrogens (tertiary/aromatic N) is 3. The summed E-state index contributed by atoms with van der Waals surface area (Å²) in [5.41, 5.74) is -0.0525. The average molecular weight is 400 g/mol. The highest BCUT2D eigenvalue weighted by Crippen LogP contribution is 2.32. The summed E-state index contributed by atoms with van der Waals surface area (Å²) in [6, 6.07) is 6.59. The van der Waals surface area contributed by atoms with Gasteiger partial charge < -0.3 is 4.52 Å². The van der Waals surface area contributed by atoms with E-state index < -0.39 is 17.6 Å². The minimum Gasteiger partial charge on any atom is -0.361 e. The molecule has 0 radical (unpaired) electrons. The van der Waals surface area contributed by atoms with Gasteiger partial charge in [0.2, 0.25) is 5.13 Å². The Morgan fingerprint density at radius 1 is 1.31 bits per heavy atom. The van der Waals surface area contributed by atoms with E-state index in [1.165, 1.54) is 23.9 Å². The van der Waals surface area contributed by atoms with Gasteiger partial charge in [-0.3, -0.25) is 10.1 Å². The van der Waals surface area contributed by atoms with Crippen LogP contribution >= 0.6 is 23.1 Å². The molecule has 1 amide bonds. The first-order valence-electron chi connectivity index (χ1n) is 7.18. The molecule has 0 aliphatic rings. The van der Waals surface area contributed by atoms with Crippen LogP contribution < -0.4 is 5.32 Å². The van der Waals surface area contributed by atoms with Crippen LogP contribution in [0.15, 0.2) is 39.2 Å². The first kappa shape index (κ1) is 18.4. The highest BCUT2D eigenvalue weighted by Gasteiger charge is 2.30. The third-order valence-electron chi connectivity index (χ3n) is 3.10. The van der Waals surface area contributed by atoms with Gasteiger partial charge in [-0.05, 0) is 18.6 Å². The van der Waals surface area contributed by atoms with Crippen molar-refractivity contribution in [1.82, 2.24) is 15.4 Å². The van der Waals surface area contributed by atoms with Crippen molar-refractivity contribution in [3.63, 3.8) is 0 Å². The van der Waals surface area contributed by atoms with Crippen LogP contribution in [0.25, 0.3) is 0 Å². The smallest absolute Gasteiger partial charge is 0.361 e. The van der Waals surface area contributed by atoms with E-state index in [-0.39, 0.29) is 10.8 Å². The number of nitrogens with one attached hydrogen (secondary N) is 1. The lowest BCUT2D eigenvalue weighted by Crippen LogP contribution is -2.11. The molecule has 136 valence electrons. The molecule has 3 rings (SSSR count). The highest BCUT2D eigenvalue weighted by molar-refractivity contribution is 8.00. The summed E-state index contributed by atoms with van der Waals surface area (Å²) >= 11 is 2.35. The Morgan fingerprint density at radius 3 is 2.81 bits per heavy atom. The van der Waals surface area contributed by atoms with Crippen molar-refractivity contribution in [2.45, 2.75) is 23.2 Å². The van der Waals surface area contributed by atoms with E-state index in [2.05, 4.69) is 20.7 Å². The zero-order chi connectivity index (χ0) is 18.7. The fourth-order valence-electron chi connectivity index (χ4n) is 1.94. The molecule has 0 bridgehead atoms. The Balaban J connectivity index is 1.60. The minimum atomic E-state index is -4.37. The van der Waals surface area contributed by atoms with Gasteiger partial charge in [0.15, 0.2) is 10.0 Å². The maximum absolute atomic E-state index is 12.7. The molecule has 26 heavy (non-hydrogen) atoms. The van der Waals surface area contributed by atoms with Gasteiger partial charge in [0.1, 0.15) is 5.76 Å². The third-order valence-corrected chi connectivity index (χ3v) is 5.15. The second-order valence-corrected chi connectivity index (χ2v) is 7.34. The number of hydrogen-bond acceptors (Lipinski definition) is 7. The van der Waals surface area contributed by atoms with E-state index in [0.29, 0.717) is 21.4 Å². The molecular weight excluding hydrogens is 389 g/mol. The second kappa shape index (κ2) is 7.46. The molecule has 0 saturated heterocycles. The fourth-order valence-corrected chi connectivity index (χ4v) is 3.63. The first-order chi connectivity index (χ1) is 12.3. The van der Waals surface area contributed by atoms with E-state index in [1.54, 1.807) is 13.0 Å². The number of alkyl halides is 3. The quantitative estimate of drug-likeness (QED) is 0.505. The van der Waals surface area contributed by atoms with Gasteiger partial charge in [0, 0.05) is 11.8 Å². The molecule has 0 aliphatic carbocycles. The number of rotatable bonds is 5. The predicted octanol–water partition coefficient (Wildman–Crippen LogP) is 4.40. The van der Waals surface area contributed by atoms with Gasteiger partial charge in [-0.25, -0.2) is 0 Å². The Hall–Kier alpha value is -2.40. The molecule has 0 fully saturated rings. The average Bonchev–Trinajstić information content (AvgIpc) is 3.21. The van der Waals surface area contributed by atoms with E-state index in [9.17, 15) is 18.0 Å². The molecule has 1 aromatic carbocycles. The van der Waals surface area contributed by atoms with E-state index in [4.69, 9.17) is 4.52 Å². The van der Waals surface area contributed by atoms with Gasteiger partial charge in [0.25, 0.3) is 5.91 Å². The van der Waals surface area contributed by atoms with Crippen LogP contribution in [0.4, 0.5) is 18.3 Å². The number of carbonyl (C=O) groups excluding carboxylic acids is 1. The van der Waals surface area contributed by atoms with Crippen molar-refractivity contribution in [3.05, 3.63) is 52.9 Å². The number of hydrogen-bond donors (Lipinski definition) is 1. The highest BCUT2D eigenvalue weighted by atomic mass is 32.2. The lowest BCUT2D eigenvalue weighted by molar-refractivity contribution is -0.137. The molecular formula is C15H11F3N4O2S2. The molecule has 0 saturated carbocycles. The Morgan fingerprint density at radius 2 is 2.12 bits per heavy atom. The van der Waals surface area contributed by atoms with E-state index >= 15 is 0 Å². The molecule has 2 heterocycles. The molecule has 3 aromatic rings. The molecule has 0 spiro atoms. The predicted molar refractivity (Wildman–Crippen MR) is 90.1 cm³/mol. The number of carbonyl (C=O) groups is 1. The molecule has 11 heteroatoms. The number of amides is 1. The van der Waals surface area contributed by atoms with Crippen molar-refractivity contribution in [2.75, 3.05) is 5.32 Å².